The van der Waals surface area contributed by atoms with E-state index in [9.17, 15) is 0 Å². The van der Waals surface area contributed by atoms with Gasteiger partial charge in [0.15, 0.2) is 0 Å². The molecule has 1 aromatic heterocycles. The molecule has 0 fully saturated rings. The molecule has 0 saturated carbocycles. The molecule has 20 heavy (non-hydrogen) atoms. The van der Waals surface area contributed by atoms with Crippen molar-refractivity contribution in [1.29, 1.82) is 0 Å². The molecule has 0 radical (unpaired) electrons. The zero-order chi connectivity index (χ0) is 13.8. The molecule has 3 aromatic rings. The van der Waals surface area contributed by atoms with Crippen molar-refractivity contribution in [3.8, 4) is 11.1 Å². The standard InChI is InChI=1S/C16H14N2OS/c1-20-19-11-12-7-8-16-14(9-12)15(10-17-18-16)13-5-3-2-4-6-13/h2-10H,11H2,1H3. The number of fused-ring (bicyclic) bond motifs is 1. The average molecular weight is 282 g/mol. The van der Waals surface area contributed by atoms with Crippen molar-refractivity contribution in [3.63, 3.8) is 0 Å². The normalized spacial score (nSPS) is 10.8. The number of hydrogen-bond acceptors (Lipinski definition) is 4. The van der Waals surface area contributed by atoms with Gasteiger partial charge in [-0.3, -0.25) is 0 Å². The Morgan fingerprint density at radius 3 is 2.75 bits per heavy atom. The molecule has 0 amide bonds. The summed E-state index contributed by atoms with van der Waals surface area (Å²) in [5, 5.41) is 9.39. The molecule has 4 heteroatoms. The minimum atomic E-state index is 0.591. The number of rotatable bonds is 4. The largest absolute Gasteiger partial charge is 0.311 e. The fraction of sp³-hybridized carbons (Fsp3) is 0.125. The highest BCUT2D eigenvalue weighted by Crippen LogP contribution is 2.27. The molecular formula is C16H14N2OS. The maximum absolute atomic E-state index is 5.39. The van der Waals surface area contributed by atoms with Crippen molar-refractivity contribution in [2.24, 2.45) is 0 Å². The molecule has 0 atom stereocenters. The van der Waals surface area contributed by atoms with Crippen LogP contribution in [0.5, 0.6) is 0 Å². The number of benzene rings is 2. The van der Waals surface area contributed by atoms with Crippen molar-refractivity contribution >= 4 is 22.9 Å². The SMILES string of the molecule is CSOCc1ccc2nncc(-c3ccccc3)c2c1. The maximum Gasteiger partial charge on any atom is 0.0936 e. The van der Waals surface area contributed by atoms with Gasteiger partial charge in [0, 0.05) is 17.2 Å². The lowest BCUT2D eigenvalue weighted by Crippen LogP contribution is -1.91. The molecule has 0 unspecified atom stereocenters. The van der Waals surface area contributed by atoms with Crippen LogP contribution in [0.4, 0.5) is 0 Å². The van der Waals surface area contributed by atoms with Crippen LogP contribution < -0.4 is 0 Å². The van der Waals surface area contributed by atoms with E-state index in [0.717, 1.165) is 27.6 Å². The second-order valence-corrected chi connectivity index (χ2v) is 4.97. The van der Waals surface area contributed by atoms with Crippen molar-refractivity contribution < 1.29 is 4.18 Å². The second-order valence-electron chi connectivity index (χ2n) is 4.40. The van der Waals surface area contributed by atoms with E-state index in [4.69, 9.17) is 4.18 Å². The summed E-state index contributed by atoms with van der Waals surface area (Å²) in [6, 6.07) is 16.4. The van der Waals surface area contributed by atoms with E-state index < -0.39 is 0 Å². The van der Waals surface area contributed by atoms with Crippen LogP contribution in [0.25, 0.3) is 22.0 Å². The first-order valence-electron chi connectivity index (χ1n) is 6.34. The highest BCUT2D eigenvalue weighted by molar-refractivity contribution is 7.93. The molecule has 2 aromatic carbocycles. The number of aromatic nitrogens is 2. The summed E-state index contributed by atoms with van der Waals surface area (Å²) >= 11 is 1.37. The van der Waals surface area contributed by atoms with Gasteiger partial charge >= 0.3 is 0 Å². The first-order chi connectivity index (χ1) is 9.88. The fourth-order valence-corrected chi connectivity index (χ4v) is 2.42. The first-order valence-corrected chi connectivity index (χ1v) is 7.49. The summed E-state index contributed by atoms with van der Waals surface area (Å²) in [4.78, 5) is 0. The van der Waals surface area contributed by atoms with E-state index >= 15 is 0 Å². The van der Waals surface area contributed by atoms with Crippen molar-refractivity contribution in [2.45, 2.75) is 6.61 Å². The lowest BCUT2D eigenvalue weighted by Gasteiger charge is -2.07. The minimum Gasteiger partial charge on any atom is -0.311 e. The van der Waals surface area contributed by atoms with Crippen LogP contribution in [-0.2, 0) is 10.8 Å². The molecular weight excluding hydrogens is 268 g/mol. The summed E-state index contributed by atoms with van der Waals surface area (Å²) in [5.41, 5.74) is 4.29. The monoisotopic (exact) mass is 282 g/mol. The van der Waals surface area contributed by atoms with Crippen LogP contribution in [0.3, 0.4) is 0 Å². The summed E-state index contributed by atoms with van der Waals surface area (Å²) in [7, 11) is 0. The molecule has 0 aliphatic heterocycles. The second kappa shape index (κ2) is 6.03. The van der Waals surface area contributed by atoms with Gasteiger partial charge in [-0.2, -0.15) is 10.2 Å². The van der Waals surface area contributed by atoms with E-state index in [1.807, 2.05) is 42.8 Å². The molecule has 0 aliphatic carbocycles. The van der Waals surface area contributed by atoms with Crippen LogP contribution in [0.2, 0.25) is 0 Å². The molecule has 0 spiro atoms. The van der Waals surface area contributed by atoms with Gasteiger partial charge in [0.2, 0.25) is 0 Å². The van der Waals surface area contributed by atoms with E-state index in [0.29, 0.717) is 6.61 Å². The van der Waals surface area contributed by atoms with Crippen LogP contribution >= 0.6 is 12.0 Å². The third-order valence-electron chi connectivity index (χ3n) is 3.13. The fourth-order valence-electron chi connectivity index (χ4n) is 2.17. The zero-order valence-corrected chi connectivity index (χ0v) is 11.9. The Kier molecular flexibility index (Phi) is 3.95. The van der Waals surface area contributed by atoms with Crippen molar-refractivity contribution in [1.82, 2.24) is 10.2 Å². The van der Waals surface area contributed by atoms with Gasteiger partial charge < -0.3 is 4.18 Å². The minimum absolute atomic E-state index is 0.591. The molecule has 100 valence electrons. The van der Waals surface area contributed by atoms with E-state index in [2.05, 4.69) is 28.4 Å². The van der Waals surface area contributed by atoms with Crippen molar-refractivity contribution in [3.05, 3.63) is 60.3 Å². The quantitative estimate of drug-likeness (QED) is 0.675. The number of hydrogen-bond donors (Lipinski definition) is 0. The summed E-state index contributed by atoms with van der Waals surface area (Å²) in [5.74, 6) is 0. The highest BCUT2D eigenvalue weighted by Gasteiger charge is 2.06. The molecule has 0 bridgehead atoms. The Morgan fingerprint density at radius 1 is 1.10 bits per heavy atom. The van der Waals surface area contributed by atoms with Crippen molar-refractivity contribution in [2.75, 3.05) is 6.26 Å². The van der Waals surface area contributed by atoms with Gasteiger partial charge in [0.05, 0.1) is 18.3 Å². The third-order valence-corrected chi connectivity index (χ3v) is 3.49. The lowest BCUT2D eigenvalue weighted by molar-refractivity contribution is 0.366. The molecule has 3 rings (SSSR count). The van der Waals surface area contributed by atoms with Gasteiger partial charge in [-0.1, -0.05) is 36.4 Å². The Morgan fingerprint density at radius 2 is 1.95 bits per heavy atom. The summed E-state index contributed by atoms with van der Waals surface area (Å²) in [6.07, 6.45) is 3.73. The highest BCUT2D eigenvalue weighted by atomic mass is 32.2. The first kappa shape index (κ1) is 13.1. The van der Waals surface area contributed by atoms with E-state index in [1.165, 1.54) is 12.0 Å². The molecule has 1 heterocycles. The molecule has 0 saturated heterocycles. The van der Waals surface area contributed by atoms with Gasteiger partial charge in [-0.25, -0.2) is 0 Å². The van der Waals surface area contributed by atoms with E-state index in [-0.39, 0.29) is 0 Å². The Bertz CT molecular complexity index is 716. The maximum atomic E-state index is 5.39. The van der Waals surface area contributed by atoms with Crippen LogP contribution in [0.15, 0.2) is 54.7 Å². The third kappa shape index (κ3) is 2.66. The van der Waals surface area contributed by atoms with Crippen LogP contribution in [-0.4, -0.2) is 16.5 Å². The van der Waals surface area contributed by atoms with Crippen LogP contribution in [0, 0.1) is 0 Å². The topological polar surface area (TPSA) is 35.0 Å². The molecule has 3 nitrogen and oxygen atoms in total. The van der Waals surface area contributed by atoms with Crippen LogP contribution in [0.1, 0.15) is 5.56 Å². The average Bonchev–Trinajstić information content (AvgIpc) is 2.53. The van der Waals surface area contributed by atoms with Gasteiger partial charge in [-0.05, 0) is 35.3 Å². The smallest absolute Gasteiger partial charge is 0.0936 e. The Balaban J connectivity index is 2.12. The van der Waals surface area contributed by atoms with Gasteiger partial charge in [0.25, 0.3) is 0 Å². The van der Waals surface area contributed by atoms with Gasteiger partial charge in [-0.15, -0.1) is 0 Å². The lowest BCUT2D eigenvalue weighted by atomic mass is 10.0. The Labute approximate surface area is 122 Å². The molecule has 0 aliphatic rings. The molecule has 0 N–H and O–H groups in total. The number of nitrogens with zero attached hydrogens (tertiary/aromatic N) is 2. The van der Waals surface area contributed by atoms with Gasteiger partial charge in [0.1, 0.15) is 0 Å². The predicted octanol–water partition coefficient (Wildman–Crippen LogP) is 4.09. The van der Waals surface area contributed by atoms with E-state index in [1.54, 1.807) is 0 Å². The zero-order valence-electron chi connectivity index (χ0n) is 11.1. The Hall–Kier alpha value is -1.91. The summed E-state index contributed by atoms with van der Waals surface area (Å²) in [6.45, 7) is 0.591. The predicted molar refractivity (Wildman–Crippen MR) is 83.3 cm³/mol. The summed E-state index contributed by atoms with van der Waals surface area (Å²) < 4.78 is 5.39.